The molecule has 27 heavy (non-hydrogen) atoms. The number of hydrogen-bond acceptors (Lipinski definition) is 3. The van der Waals surface area contributed by atoms with Crippen LogP contribution in [0.25, 0.3) is 55.1 Å². The van der Waals surface area contributed by atoms with Crippen LogP contribution in [0.3, 0.4) is 0 Å². The van der Waals surface area contributed by atoms with E-state index in [1.807, 2.05) is 24.4 Å². The monoisotopic (exact) mass is 413 g/mol. The molecule has 0 spiro atoms. The number of hydrogen-bond donors (Lipinski definition) is 2. The van der Waals surface area contributed by atoms with Crippen molar-refractivity contribution in [2.24, 2.45) is 0 Å². The second kappa shape index (κ2) is 5.37. The van der Waals surface area contributed by atoms with Crippen LogP contribution in [0.1, 0.15) is 0 Å². The molecule has 4 aromatic heterocycles. The van der Waals surface area contributed by atoms with E-state index in [0.717, 1.165) is 59.6 Å². The Hall–Kier alpha value is -3.25. The number of fused-ring (bicyclic) bond motifs is 7. The average Bonchev–Trinajstić information content (AvgIpc) is 3.32. The van der Waals surface area contributed by atoms with Gasteiger partial charge >= 0.3 is 0 Å². The molecule has 6 rings (SSSR count). The van der Waals surface area contributed by atoms with Gasteiger partial charge in [0.2, 0.25) is 0 Å². The second-order valence-electron chi connectivity index (χ2n) is 6.50. The highest BCUT2D eigenvalue weighted by Gasteiger charge is 2.16. The summed E-state index contributed by atoms with van der Waals surface area (Å²) in [5, 5.41) is 3.15. The Morgan fingerprint density at radius 3 is 2.44 bits per heavy atom. The number of rotatable bonds is 1. The minimum Gasteiger partial charge on any atom is -0.360 e. The Bertz CT molecular complexity index is 1420. The van der Waals surface area contributed by atoms with Crippen molar-refractivity contribution in [1.29, 1.82) is 0 Å². The quantitative estimate of drug-likeness (QED) is 0.346. The number of aromatic nitrogens is 5. The zero-order valence-corrected chi connectivity index (χ0v) is 15.6. The summed E-state index contributed by atoms with van der Waals surface area (Å²) >= 11 is 3.56. The van der Waals surface area contributed by atoms with E-state index < -0.39 is 0 Å². The SMILES string of the molecule is Brc1ccc2[nH]cc(-c3nc4c5cccnc5c5ncccc5c4[nH]3)c2c1. The van der Waals surface area contributed by atoms with E-state index in [1.54, 1.807) is 12.4 Å². The second-order valence-corrected chi connectivity index (χ2v) is 7.42. The molecule has 0 aliphatic heterocycles. The first kappa shape index (κ1) is 14.9. The lowest BCUT2D eigenvalue weighted by Gasteiger charge is -2.03. The molecule has 0 saturated carbocycles. The standard InChI is InChI=1S/C21H12BrN5/c22-11-5-6-16-14(9-11)15(10-25-16)21-26-19-12-3-1-7-23-17(12)18-13(20(19)27-21)4-2-8-24-18/h1-10,25H,(H,26,27). The van der Waals surface area contributed by atoms with E-state index in [0.29, 0.717) is 0 Å². The van der Waals surface area contributed by atoms with Crippen LogP contribution < -0.4 is 0 Å². The van der Waals surface area contributed by atoms with Gasteiger partial charge in [0.1, 0.15) is 5.82 Å². The smallest absolute Gasteiger partial charge is 0.140 e. The predicted octanol–water partition coefficient (Wildman–Crippen LogP) is 5.57. The number of halogens is 1. The molecule has 4 heterocycles. The first-order chi connectivity index (χ1) is 13.3. The zero-order valence-electron chi connectivity index (χ0n) is 14.0. The van der Waals surface area contributed by atoms with Gasteiger partial charge < -0.3 is 9.97 Å². The molecule has 5 nitrogen and oxygen atoms in total. The number of H-pyrrole nitrogens is 2. The molecule has 2 aromatic carbocycles. The zero-order chi connectivity index (χ0) is 18.0. The van der Waals surface area contributed by atoms with Crippen LogP contribution in [0, 0.1) is 0 Å². The van der Waals surface area contributed by atoms with Crippen molar-refractivity contribution in [2.75, 3.05) is 0 Å². The summed E-state index contributed by atoms with van der Waals surface area (Å²) in [7, 11) is 0. The van der Waals surface area contributed by atoms with E-state index in [9.17, 15) is 0 Å². The molecule has 0 aliphatic rings. The van der Waals surface area contributed by atoms with Crippen molar-refractivity contribution < 1.29 is 0 Å². The third-order valence-electron chi connectivity index (χ3n) is 4.97. The molecule has 6 aromatic rings. The summed E-state index contributed by atoms with van der Waals surface area (Å²) in [6.45, 7) is 0. The van der Waals surface area contributed by atoms with Gasteiger partial charge in [0.15, 0.2) is 0 Å². The fourth-order valence-corrected chi connectivity index (χ4v) is 4.12. The maximum atomic E-state index is 4.95. The van der Waals surface area contributed by atoms with Crippen molar-refractivity contribution >= 4 is 59.7 Å². The van der Waals surface area contributed by atoms with E-state index in [-0.39, 0.29) is 0 Å². The van der Waals surface area contributed by atoms with Crippen molar-refractivity contribution in [3.63, 3.8) is 0 Å². The number of aromatic amines is 2. The number of nitrogens with zero attached hydrogens (tertiary/aromatic N) is 3. The number of pyridine rings is 2. The van der Waals surface area contributed by atoms with Gasteiger partial charge in [0.05, 0.1) is 22.1 Å². The van der Waals surface area contributed by atoms with Gasteiger partial charge in [0.25, 0.3) is 0 Å². The normalized spacial score (nSPS) is 11.9. The van der Waals surface area contributed by atoms with Crippen molar-refractivity contribution in [3.8, 4) is 11.4 Å². The van der Waals surface area contributed by atoms with Gasteiger partial charge in [-0.1, -0.05) is 15.9 Å². The van der Waals surface area contributed by atoms with Gasteiger partial charge in [-0.2, -0.15) is 0 Å². The predicted molar refractivity (Wildman–Crippen MR) is 112 cm³/mol. The Balaban J connectivity index is 1.76. The van der Waals surface area contributed by atoms with Gasteiger partial charge in [-0.25, -0.2) is 4.98 Å². The third-order valence-corrected chi connectivity index (χ3v) is 5.46. The summed E-state index contributed by atoms with van der Waals surface area (Å²) < 4.78 is 1.04. The molecule has 0 radical (unpaired) electrons. The summed E-state index contributed by atoms with van der Waals surface area (Å²) in [5.74, 6) is 0.829. The Labute approximate surface area is 161 Å². The van der Waals surface area contributed by atoms with E-state index in [2.05, 4.69) is 60.1 Å². The number of benzene rings is 2. The molecule has 0 unspecified atom stereocenters. The molecule has 128 valence electrons. The van der Waals surface area contributed by atoms with Crippen LogP contribution in [-0.4, -0.2) is 24.9 Å². The first-order valence-corrected chi connectivity index (χ1v) is 9.37. The van der Waals surface area contributed by atoms with Gasteiger partial charge in [-0.3, -0.25) is 9.97 Å². The molecule has 0 fully saturated rings. The first-order valence-electron chi connectivity index (χ1n) is 8.58. The molecule has 2 N–H and O–H groups in total. The Morgan fingerprint density at radius 1 is 0.815 bits per heavy atom. The Morgan fingerprint density at radius 2 is 1.59 bits per heavy atom. The number of imidazole rings is 1. The highest BCUT2D eigenvalue weighted by molar-refractivity contribution is 9.10. The number of nitrogens with one attached hydrogen (secondary N) is 2. The van der Waals surface area contributed by atoms with E-state index in [1.165, 1.54) is 0 Å². The summed E-state index contributed by atoms with van der Waals surface area (Å²) in [5.41, 5.74) is 5.77. The largest absolute Gasteiger partial charge is 0.360 e. The molecular formula is C21H12BrN5. The molecule has 0 saturated heterocycles. The van der Waals surface area contributed by atoms with Crippen molar-refractivity contribution in [1.82, 2.24) is 24.9 Å². The third kappa shape index (κ3) is 2.07. The van der Waals surface area contributed by atoms with Gasteiger partial charge in [-0.15, -0.1) is 0 Å². The minimum atomic E-state index is 0.829. The molecule has 0 atom stereocenters. The van der Waals surface area contributed by atoms with Crippen LogP contribution >= 0.6 is 15.9 Å². The van der Waals surface area contributed by atoms with E-state index >= 15 is 0 Å². The fourth-order valence-electron chi connectivity index (χ4n) is 3.76. The maximum absolute atomic E-state index is 4.95. The average molecular weight is 414 g/mol. The summed E-state index contributed by atoms with van der Waals surface area (Å²) in [6, 6.07) is 14.2. The molecule has 0 aliphatic carbocycles. The fraction of sp³-hybridized carbons (Fsp3) is 0. The molecule has 0 bridgehead atoms. The Kier molecular flexibility index (Phi) is 2.96. The lowest BCUT2D eigenvalue weighted by molar-refractivity contribution is 1.34. The highest BCUT2D eigenvalue weighted by atomic mass is 79.9. The van der Waals surface area contributed by atoms with Gasteiger partial charge in [0, 0.05) is 50.3 Å². The molecular weight excluding hydrogens is 402 g/mol. The van der Waals surface area contributed by atoms with Crippen molar-refractivity contribution in [3.05, 3.63) is 65.5 Å². The summed E-state index contributed by atoms with van der Waals surface area (Å²) in [6.07, 6.45) is 5.60. The van der Waals surface area contributed by atoms with E-state index in [4.69, 9.17) is 4.98 Å². The highest BCUT2D eigenvalue weighted by Crippen LogP contribution is 2.35. The lowest BCUT2D eigenvalue weighted by Crippen LogP contribution is -1.86. The lowest BCUT2D eigenvalue weighted by atomic mass is 10.1. The van der Waals surface area contributed by atoms with Crippen LogP contribution in [0.4, 0.5) is 0 Å². The van der Waals surface area contributed by atoms with Crippen LogP contribution in [0.15, 0.2) is 65.5 Å². The maximum Gasteiger partial charge on any atom is 0.140 e. The topological polar surface area (TPSA) is 70.2 Å². The molecule has 6 heteroatoms. The minimum absolute atomic E-state index is 0.829. The van der Waals surface area contributed by atoms with Crippen LogP contribution in [-0.2, 0) is 0 Å². The molecule has 0 amide bonds. The van der Waals surface area contributed by atoms with Crippen molar-refractivity contribution in [2.45, 2.75) is 0 Å². The van der Waals surface area contributed by atoms with Crippen LogP contribution in [0.2, 0.25) is 0 Å². The summed E-state index contributed by atoms with van der Waals surface area (Å²) in [4.78, 5) is 20.9. The van der Waals surface area contributed by atoms with Crippen LogP contribution in [0.5, 0.6) is 0 Å². The van der Waals surface area contributed by atoms with Gasteiger partial charge in [-0.05, 0) is 42.5 Å².